The van der Waals surface area contributed by atoms with Crippen LogP contribution in [0.25, 0.3) is 0 Å². The van der Waals surface area contributed by atoms with Gasteiger partial charge in [0.2, 0.25) is 5.91 Å². The number of carboxylic acids is 1. The van der Waals surface area contributed by atoms with Crippen molar-refractivity contribution in [2.75, 3.05) is 11.9 Å². The van der Waals surface area contributed by atoms with Crippen LogP contribution in [0, 0.1) is 17.8 Å². The number of amides is 1. The lowest BCUT2D eigenvalue weighted by Crippen LogP contribution is -2.29. The molecule has 0 atom stereocenters. The maximum atomic E-state index is 12.3. The Morgan fingerprint density at radius 1 is 1.12 bits per heavy atom. The molecule has 1 aromatic rings. The first-order chi connectivity index (χ1) is 11.5. The molecule has 2 rings (SSSR count). The van der Waals surface area contributed by atoms with Gasteiger partial charge >= 0.3 is 5.97 Å². The fourth-order valence-electron chi connectivity index (χ4n) is 2.89. The second-order valence-electron chi connectivity index (χ2n) is 6.93. The summed E-state index contributed by atoms with van der Waals surface area (Å²) in [7, 11) is 0. The van der Waals surface area contributed by atoms with E-state index in [0.29, 0.717) is 38.2 Å². The van der Waals surface area contributed by atoms with Crippen LogP contribution in [0.15, 0.2) is 24.3 Å². The van der Waals surface area contributed by atoms with Crippen LogP contribution in [0.1, 0.15) is 46.0 Å². The van der Waals surface area contributed by atoms with Crippen molar-refractivity contribution >= 4 is 17.6 Å². The maximum Gasteiger partial charge on any atom is 0.306 e. The largest absolute Gasteiger partial charge is 0.494 e. The highest BCUT2D eigenvalue weighted by Crippen LogP contribution is 2.30. The molecule has 0 spiro atoms. The van der Waals surface area contributed by atoms with Crippen molar-refractivity contribution in [3.63, 3.8) is 0 Å². The Kier molecular flexibility index (Phi) is 6.64. The van der Waals surface area contributed by atoms with Gasteiger partial charge in [0.05, 0.1) is 12.5 Å². The van der Waals surface area contributed by atoms with Crippen molar-refractivity contribution in [3.8, 4) is 5.75 Å². The molecule has 5 nitrogen and oxygen atoms in total. The highest BCUT2D eigenvalue weighted by Gasteiger charge is 2.29. The smallest absolute Gasteiger partial charge is 0.306 e. The summed E-state index contributed by atoms with van der Waals surface area (Å²) in [4.78, 5) is 23.2. The molecular weight excluding hydrogens is 306 g/mol. The Hall–Kier alpha value is -2.04. The van der Waals surface area contributed by atoms with Crippen molar-refractivity contribution in [2.24, 2.45) is 17.8 Å². The van der Waals surface area contributed by atoms with Crippen molar-refractivity contribution in [3.05, 3.63) is 24.3 Å². The molecule has 0 aliphatic heterocycles. The first-order valence-corrected chi connectivity index (χ1v) is 8.72. The minimum atomic E-state index is -0.748. The van der Waals surface area contributed by atoms with E-state index in [1.54, 1.807) is 0 Å². The number of benzene rings is 1. The van der Waals surface area contributed by atoms with Crippen molar-refractivity contribution in [1.29, 1.82) is 0 Å². The second-order valence-corrected chi connectivity index (χ2v) is 6.93. The van der Waals surface area contributed by atoms with Crippen LogP contribution >= 0.6 is 0 Å². The Bertz CT molecular complexity index is 545. The molecule has 5 heteroatoms. The van der Waals surface area contributed by atoms with E-state index in [-0.39, 0.29) is 17.7 Å². The molecule has 1 fully saturated rings. The summed E-state index contributed by atoms with van der Waals surface area (Å²) in [5, 5.41) is 11.9. The number of ether oxygens (including phenoxy) is 1. The first-order valence-electron chi connectivity index (χ1n) is 8.72. The number of hydrogen-bond donors (Lipinski definition) is 2. The van der Waals surface area contributed by atoms with Crippen LogP contribution in [0.3, 0.4) is 0 Å². The number of rotatable bonds is 7. The summed E-state index contributed by atoms with van der Waals surface area (Å²) >= 11 is 0. The van der Waals surface area contributed by atoms with E-state index in [2.05, 4.69) is 19.2 Å². The number of aliphatic carboxylic acids is 1. The SMILES string of the molecule is CC(C)CCOc1ccc(NC(=O)C2CCC(C(=O)O)CC2)cc1. The van der Waals surface area contributed by atoms with Gasteiger partial charge in [-0.3, -0.25) is 9.59 Å². The van der Waals surface area contributed by atoms with Gasteiger partial charge in [0.15, 0.2) is 0 Å². The molecular formula is C19H27NO4. The minimum absolute atomic E-state index is 0.0210. The Balaban J connectivity index is 1.79. The van der Waals surface area contributed by atoms with Gasteiger partial charge in [-0.25, -0.2) is 0 Å². The molecule has 1 aromatic carbocycles. The van der Waals surface area contributed by atoms with Gasteiger partial charge in [-0.05, 0) is 62.3 Å². The summed E-state index contributed by atoms with van der Waals surface area (Å²) in [5.41, 5.74) is 0.747. The third-order valence-corrected chi connectivity index (χ3v) is 4.53. The first kappa shape index (κ1) is 18.3. The number of carbonyl (C=O) groups excluding carboxylic acids is 1. The third kappa shape index (κ3) is 5.55. The van der Waals surface area contributed by atoms with Gasteiger partial charge in [-0.15, -0.1) is 0 Å². The summed E-state index contributed by atoms with van der Waals surface area (Å²) in [6.45, 7) is 5.01. The fraction of sp³-hybridized carbons (Fsp3) is 0.579. The van der Waals surface area contributed by atoms with Gasteiger partial charge < -0.3 is 15.2 Å². The number of carbonyl (C=O) groups is 2. The summed E-state index contributed by atoms with van der Waals surface area (Å²) < 4.78 is 5.66. The highest BCUT2D eigenvalue weighted by atomic mass is 16.5. The van der Waals surface area contributed by atoms with E-state index >= 15 is 0 Å². The second kappa shape index (κ2) is 8.71. The lowest BCUT2D eigenvalue weighted by molar-refractivity contribution is -0.143. The van der Waals surface area contributed by atoms with E-state index in [0.717, 1.165) is 17.9 Å². The number of carboxylic acid groups (broad SMARTS) is 1. The lowest BCUT2D eigenvalue weighted by Gasteiger charge is -2.25. The topological polar surface area (TPSA) is 75.6 Å². The molecule has 0 saturated heterocycles. The minimum Gasteiger partial charge on any atom is -0.494 e. The van der Waals surface area contributed by atoms with E-state index in [1.165, 1.54) is 0 Å². The zero-order valence-corrected chi connectivity index (χ0v) is 14.5. The van der Waals surface area contributed by atoms with Crippen molar-refractivity contribution < 1.29 is 19.4 Å². The standard InChI is InChI=1S/C19H27NO4/c1-13(2)11-12-24-17-9-7-16(8-10-17)20-18(21)14-3-5-15(6-4-14)19(22)23/h7-10,13-15H,3-6,11-12H2,1-2H3,(H,20,21)(H,22,23). The van der Waals surface area contributed by atoms with Gasteiger partial charge in [0, 0.05) is 11.6 Å². The Morgan fingerprint density at radius 3 is 2.25 bits per heavy atom. The monoisotopic (exact) mass is 333 g/mol. The number of hydrogen-bond acceptors (Lipinski definition) is 3. The molecule has 1 aliphatic rings. The maximum absolute atomic E-state index is 12.3. The predicted molar refractivity (Wildman–Crippen MR) is 93.1 cm³/mol. The summed E-state index contributed by atoms with van der Waals surface area (Å²) in [6, 6.07) is 7.39. The summed E-state index contributed by atoms with van der Waals surface area (Å²) in [5.74, 6) is 0.253. The summed E-state index contributed by atoms with van der Waals surface area (Å²) in [6.07, 6.45) is 3.45. The molecule has 0 radical (unpaired) electrons. The van der Waals surface area contributed by atoms with Crippen molar-refractivity contribution in [1.82, 2.24) is 0 Å². The van der Waals surface area contributed by atoms with Crippen LogP contribution in [0.4, 0.5) is 5.69 Å². The lowest BCUT2D eigenvalue weighted by atomic mass is 9.81. The number of anilines is 1. The molecule has 0 aromatic heterocycles. The van der Waals surface area contributed by atoms with Crippen LogP contribution < -0.4 is 10.1 Å². The van der Waals surface area contributed by atoms with Crippen LogP contribution in [-0.2, 0) is 9.59 Å². The average Bonchev–Trinajstić information content (AvgIpc) is 2.56. The Morgan fingerprint density at radius 2 is 1.71 bits per heavy atom. The highest BCUT2D eigenvalue weighted by molar-refractivity contribution is 5.92. The molecule has 1 amide bonds. The van der Waals surface area contributed by atoms with Gasteiger partial charge in [-0.1, -0.05) is 13.8 Å². The zero-order valence-electron chi connectivity index (χ0n) is 14.5. The fourth-order valence-corrected chi connectivity index (χ4v) is 2.89. The molecule has 0 bridgehead atoms. The Labute approximate surface area is 143 Å². The molecule has 0 unspecified atom stereocenters. The van der Waals surface area contributed by atoms with E-state index in [9.17, 15) is 9.59 Å². The molecule has 132 valence electrons. The van der Waals surface area contributed by atoms with Crippen molar-refractivity contribution in [2.45, 2.75) is 46.0 Å². The number of nitrogens with one attached hydrogen (secondary N) is 1. The van der Waals surface area contributed by atoms with Gasteiger partial charge in [-0.2, -0.15) is 0 Å². The third-order valence-electron chi connectivity index (χ3n) is 4.53. The normalized spacial score (nSPS) is 20.6. The molecule has 1 saturated carbocycles. The molecule has 0 heterocycles. The van der Waals surface area contributed by atoms with Gasteiger partial charge in [0.1, 0.15) is 5.75 Å². The molecule has 2 N–H and O–H groups in total. The average molecular weight is 333 g/mol. The van der Waals surface area contributed by atoms with Crippen LogP contribution in [0.2, 0.25) is 0 Å². The zero-order chi connectivity index (χ0) is 17.5. The molecule has 24 heavy (non-hydrogen) atoms. The van der Waals surface area contributed by atoms with E-state index < -0.39 is 5.97 Å². The predicted octanol–water partition coefficient (Wildman–Crippen LogP) is 3.94. The van der Waals surface area contributed by atoms with E-state index in [4.69, 9.17) is 9.84 Å². The van der Waals surface area contributed by atoms with Crippen LogP contribution in [0.5, 0.6) is 5.75 Å². The quantitative estimate of drug-likeness (QED) is 0.792. The van der Waals surface area contributed by atoms with E-state index in [1.807, 2.05) is 24.3 Å². The van der Waals surface area contributed by atoms with Crippen LogP contribution in [-0.4, -0.2) is 23.6 Å². The molecule has 1 aliphatic carbocycles. The van der Waals surface area contributed by atoms with Gasteiger partial charge in [0.25, 0.3) is 0 Å².